The minimum absolute atomic E-state index is 0.00850. The number of thiazole rings is 1. The molecule has 5 nitrogen and oxygen atoms in total. The summed E-state index contributed by atoms with van der Waals surface area (Å²) in [6.07, 6.45) is 1.88. The van der Waals surface area contributed by atoms with Crippen LogP contribution in [0.1, 0.15) is 12.0 Å². The lowest BCUT2D eigenvalue weighted by molar-refractivity contribution is -0.384. The molecule has 1 heterocycles. The molecule has 0 aliphatic rings. The number of nitro benzene ring substituents is 1. The molecule has 0 atom stereocenters. The molecule has 0 fully saturated rings. The van der Waals surface area contributed by atoms with E-state index in [2.05, 4.69) is 61.2 Å². The van der Waals surface area contributed by atoms with Crippen molar-refractivity contribution in [2.45, 2.75) is 19.4 Å². The van der Waals surface area contributed by atoms with Crippen LogP contribution in [0.2, 0.25) is 0 Å². The first kappa shape index (κ1) is 21.2. The van der Waals surface area contributed by atoms with Crippen LogP contribution in [0.4, 0.5) is 11.4 Å². The highest BCUT2D eigenvalue weighted by atomic mass is 79.9. The molecule has 0 bridgehead atoms. The van der Waals surface area contributed by atoms with Crippen molar-refractivity contribution in [3.8, 4) is 11.3 Å². The van der Waals surface area contributed by atoms with Crippen LogP contribution >= 0.6 is 27.3 Å². The van der Waals surface area contributed by atoms with Crippen molar-refractivity contribution in [3.63, 3.8) is 0 Å². The monoisotopic (exact) mass is 493 g/mol. The van der Waals surface area contributed by atoms with Gasteiger partial charge in [-0.2, -0.15) is 0 Å². The molecule has 0 saturated carbocycles. The van der Waals surface area contributed by atoms with Crippen molar-refractivity contribution in [1.29, 1.82) is 0 Å². The second-order valence-electron chi connectivity index (χ2n) is 6.98. The summed E-state index contributed by atoms with van der Waals surface area (Å²) in [6, 6.07) is 25.1. The number of benzene rings is 3. The zero-order valence-electron chi connectivity index (χ0n) is 16.6. The molecule has 1 aromatic heterocycles. The van der Waals surface area contributed by atoms with E-state index in [9.17, 15) is 10.1 Å². The van der Waals surface area contributed by atoms with Crippen molar-refractivity contribution in [2.24, 2.45) is 4.99 Å². The van der Waals surface area contributed by atoms with E-state index >= 15 is 0 Å². The average Bonchev–Trinajstić information content (AvgIpc) is 3.17. The van der Waals surface area contributed by atoms with Crippen molar-refractivity contribution in [3.05, 3.63) is 109 Å². The van der Waals surface area contributed by atoms with Crippen molar-refractivity contribution in [1.82, 2.24) is 4.57 Å². The van der Waals surface area contributed by atoms with Gasteiger partial charge in [0.1, 0.15) is 5.69 Å². The van der Waals surface area contributed by atoms with Gasteiger partial charge in [0.05, 0.1) is 10.6 Å². The molecular weight excluding hydrogens is 474 g/mol. The second kappa shape index (κ2) is 9.85. The van der Waals surface area contributed by atoms with Gasteiger partial charge in [0.15, 0.2) is 4.80 Å². The SMILES string of the molecule is O=[N+]([O-])c1ccccc1N=c1scc(-c2ccccc2Br)n1CCCc1ccccc1. The van der Waals surface area contributed by atoms with Crippen molar-refractivity contribution in [2.75, 3.05) is 0 Å². The van der Waals surface area contributed by atoms with E-state index < -0.39 is 0 Å². The maximum Gasteiger partial charge on any atom is 0.294 e. The largest absolute Gasteiger partial charge is 0.316 e. The number of hydrogen-bond acceptors (Lipinski definition) is 4. The van der Waals surface area contributed by atoms with E-state index in [1.807, 2.05) is 24.3 Å². The van der Waals surface area contributed by atoms with E-state index in [0.717, 1.165) is 39.9 Å². The molecule has 4 aromatic rings. The van der Waals surface area contributed by atoms with E-state index in [1.165, 1.54) is 23.0 Å². The lowest BCUT2D eigenvalue weighted by atomic mass is 10.1. The smallest absolute Gasteiger partial charge is 0.294 e. The summed E-state index contributed by atoms with van der Waals surface area (Å²) in [6.45, 7) is 0.758. The van der Waals surface area contributed by atoms with Gasteiger partial charge in [0.2, 0.25) is 0 Å². The first-order valence-electron chi connectivity index (χ1n) is 9.89. The lowest BCUT2D eigenvalue weighted by Gasteiger charge is -2.11. The normalized spacial score (nSPS) is 11.6. The van der Waals surface area contributed by atoms with Crippen LogP contribution in [0.25, 0.3) is 11.3 Å². The number of rotatable bonds is 7. The lowest BCUT2D eigenvalue weighted by Crippen LogP contribution is -2.16. The maximum atomic E-state index is 11.4. The Kier molecular flexibility index (Phi) is 6.74. The Balaban J connectivity index is 1.75. The first-order chi connectivity index (χ1) is 15.1. The Labute approximate surface area is 192 Å². The van der Waals surface area contributed by atoms with Crippen LogP contribution in [0, 0.1) is 10.1 Å². The average molecular weight is 494 g/mol. The zero-order valence-corrected chi connectivity index (χ0v) is 19.1. The molecule has 3 aromatic carbocycles. The van der Waals surface area contributed by atoms with Crippen LogP contribution in [0.3, 0.4) is 0 Å². The molecule has 0 radical (unpaired) electrons. The molecule has 0 unspecified atom stereocenters. The third-order valence-electron chi connectivity index (χ3n) is 4.93. The second-order valence-corrected chi connectivity index (χ2v) is 8.67. The topological polar surface area (TPSA) is 60.4 Å². The summed E-state index contributed by atoms with van der Waals surface area (Å²) in [5.41, 5.74) is 3.78. The molecule has 156 valence electrons. The van der Waals surface area contributed by atoms with Gasteiger partial charge in [-0.1, -0.05) is 76.6 Å². The van der Waals surface area contributed by atoms with Crippen LogP contribution in [0.5, 0.6) is 0 Å². The Morgan fingerprint density at radius 2 is 1.68 bits per heavy atom. The third kappa shape index (κ3) is 5.00. The summed E-state index contributed by atoms with van der Waals surface area (Å²) in [5, 5.41) is 13.5. The number of nitrogens with zero attached hydrogens (tertiary/aromatic N) is 3. The minimum Gasteiger partial charge on any atom is -0.316 e. The van der Waals surface area contributed by atoms with E-state index in [-0.39, 0.29) is 10.6 Å². The predicted molar refractivity (Wildman–Crippen MR) is 129 cm³/mol. The summed E-state index contributed by atoms with van der Waals surface area (Å²) in [4.78, 5) is 16.5. The summed E-state index contributed by atoms with van der Waals surface area (Å²) in [5.74, 6) is 0. The number of aromatic nitrogens is 1. The molecule has 4 rings (SSSR count). The van der Waals surface area contributed by atoms with Gasteiger partial charge < -0.3 is 4.57 Å². The van der Waals surface area contributed by atoms with Crippen LogP contribution in [-0.2, 0) is 13.0 Å². The first-order valence-corrected chi connectivity index (χ1v) is 11.6. The van der Waals surface area contributed by atoms with Crippen LogP contribution in [0.15, 0.2) is 93.7 Å². The fraction of sp³-hybridized carbons (Fsp3) is 0.125. The van der Waals surface area contributed by atoms with Gasteiger partial charge in [-0.05, 0) is 30.5 Å². The summed E-state index contributed by atoms with van der Waals surface area (Å²) >= 11 is 5.14. The van der Waals surface area contributed by atoms with Gasteiger partial charge >= 0.3 is 0 Å². The van der Waals surface area contributed by atoms with Gasteiger partial charge in [0.25, 0.3) is 5.69 Å². The zero-order chi connectivity index (χ0) is 21.6. The van der Waals surface area contributed by atoms with E-state index in [1.54, 1.807) is 18.2 Å². The molecule has 0 aliphatic carbocycles. The molecule has 0 aliphatic heterocycles. The molecule has 7 heteroatoms. The fourth-order valence-corrected chi connectivity index (χ4v) is 4.85. The number of halogens is 1. The third-order valence-corrected chi connectivity index (χ3v) is 6.49. The van der Waals surface area contributed by atoms with Crippen molar-refractivity contribution < 1.29 is 4.92 Å². The molecule has 31 heavy (non-hydrogen) atoms. The van der Waals surface area contributed by atoms with Crippen LogP contribution in [-0.4, -0.2) is 9.49 Å². The van der Waals surface area contributed by atoms with Crippen LogP contribution < -0.4 is 4.80 Å². The fourth-order valence-electron chi connectivity index (χ4n) is 3.42. The van der Waals surface area contributed by atoms with E-state index in [4.69, 9.17) is 0 Å². The van der Waals surface area contributed by atoms with Crippen molar-refractivity contribution >= 4 is 38.6 Å². The van der Waals surface area contributed by atoms with Gasteiger partial charge in [-0.15, -0.1) is 11.3 Å². The Morgan fingerprint density at radius 3 is 2.45 bits per heavy atom. The minimum atomic E-state index is -0.388. The molecule has 0 N–H and O–H groups in total. The number of nitro groups is 1. The van der Waals surface area contributed by atoms with Gasteiger partial charge in [-0.25, -0.2) is 4.99 Å². The number of hydrogen-bond donors (Lipinski definition) is 0. The van der Waals surface area contributed by atoms with Gasteiger partial charge in [0, 0.05) is 28.0 Å². The summed E-state index contributed by atoms with van der Waals surface area (Å²) < 4.78 is 3.16. The molecule has 0 spiro atoms. The quantitative estimate of drug-likeness (QED) is 0.211. The van der Waals surface area contributed by atoms with E-state index in [0.29, 0.717) is 5.69 Å². The highest BCUT2D eigenvalue weighted by Gasteiger charge is 2.14. The predicted octanol–water partition coefficient (Wildman–Crippen LogP) is 6.75. The summed E-state index contributed by atoms with van der Waals surface area (Å²) in [7, 11) is 0. The molecular formula is C24H20BrN3O2S. The number of aryl methyl sites for hydroxylation is 1. The van der Waals surface area contributed by atoms with Gasteiger partial charge in [-0.3, -0.25) is 10.1 Å². The number of para-hydroxylation sites is 2. The Morgan fingerprint density at radius 1 is 0.968 bits per heavy atom. The standard InChI is InChI=1S/C24H20BrN3O2S/c25-20-13-5-4-12-19(20)23-17-31-24(26-21-14-6-7-15-22(21)28(29)30)27(23)16-8-11-18-9-2-1-3-10-18/h1-7,9-10,12-15,17H,8,11,16H2. The molecule has 0 amide bonds. The Hall–Kier alpha value is -3.03. The Bertz CT molecular complexity index is 1270. The highest BCUT2D eigenvalue weighted by molar-refractivity contribution is 9.10. The molecule has 0 saturated heterocycles. The highest BCUT2D eigenvalue weighted by Crippen LogP contribution is 2.30. The maximum absolute atomic E-state index is 11.4.